The fourth-order valence-corrected chi connectivity index (χ4v) is 3.41. The molecule has 0 aromatic carbocycles. The second-order valence-electron chi connectivity index (χ2n) is 5.03. The molecular weight excluding hydrogens is 198 g/mol. The Bertz CT molecular complexity index is 377. The average Bonchev–Trinajstić information content (AvgIpc) is 2.77. The summed E-state index contributed by atoms with van der Waals surface area (Å²) >= 11 is 0. The summed E-state index contributed by atoms with van der Waals surface area (Å²) < 4.78 is 0. The van der Waals surface area contributed by atoms with Gasteiger partial charge in [0.05, 0.1) is 17.6 Å². The second kappa shape index (κ2) is 3.96. The number of nitrogens with two attached hydrogens (primary N) is 1. The topological polar surface area (TPSA) is 42.1 Å². The summed E-state index contributed by atoms with van der Waals surface area (Å²) in [7, 11) is 0. The number of fused-ring (bicyclic) bond motifs is 1. The SMILES string of the molecule is Nc1cnccc1N1CCCC2CCCC21. The van der Waals surface area contributed by atoms with Crippen molar-refractivity contribution in [3.05, 3.63) is 18.5 Å². The Kier molecular flexibility index (Phi) is 2.46. The zero-order valence-electron chi connectivity index (χ0n) is 9.60. The predicted octanol–water partition coefficient (Wildman–Crippen LogP) is 2.43. The van der Waals surface area contributed by atoms with E-state index in [4.69, 9.17) is 5.73 Å². The minimum Gasteiger partial charge on any atom is -0.396 e. The highest BCUT2D eigenvalue weighted by atomic mass is 15.2. The lowest BCUT2D eigenvalue weighted by molar-refractivity contribution is 0.362. The minimum absolute atomic E-state index is 0.735. The quantitative estimate of drug-likeness (QED) is 0.785. The van der Waals surface area contributed by atoms with Gasteiger partial charge in [0.15, 0.2) is 0 Å². The smallest absolute Gasteiger partial charge is 0.0738 e. The summed E-state index contributed by atoms with van der Waals surface area (Å²) in [6.07, 6.45) is 10.5. The number of piperidine rings is 1. The lowest BCUT2D eigenvalue weighted by atomic mass is 9.91. The van der Waals surface area contributed by atoms with Crippen LogP contribution in [-0.4, -0.2) is 17.6 Å². The highest BCUT2D eigenvalue weighted by Gasteiger charge is 2.35. The van der Waals surface area contributed by atoms with Gasteiger partial charge < -0.3 is 10.6 Å². The molecule has 86 valence electrons. The van der Waals surface area contributed by atoms with Crippen molar-refractivity contribution in [1.82, 2.24) is 4.98 Å². The van der Waals surface area contributed by atoms with Gasteiger partial charge in [0.1, 0.15) is 0 Å². The van der Waals surface area contributed by atoms with Crippen molar-refractivity contribution in [2.45, 2.75) is 38.1 Å². The van der Waals surface area contributed by atoms with E-state index in [0.29, 0.717) is 0 Å². The number of anilines is 2. The average molecular weight is 217 g/mol. The third kappa shape index (κ3) is 1.55. The summed E-state index contributed by atoms with van der Waals surface area (Å²) in [4.78, 5) is 6.60. The number of nitrogens with zero attached hydrogens (tertiary/aromatic N) is 2. The highest BCUT2D eigenvalue weighted by Crippen LogP contribution is 2.40. The maximum absolute atomic E-state index is 6.03. The van der Waals surface area contributed by atoms with Gasteiger partial charge in [-0.15, -0.1) is 0 Å². The van der Waals surface area contributed by atoms with Crippen LogP contribution in [0.2, 0.25) is 0 Å². The largest absolute Gasteiger partial charge is 0.396 e. The van der Waals surface area contributed by atoms with Gasteiger partial charge in [-0.05, 0) is 37.7 Å². The summed E-state index contributed by atoms with van der Waals surface area (Å²) in [5.74, 6) is 0.904. The van der Waals surface area contributed by atoms with Crippen LogP contribution in [0, 0.1) is 5.92 Å². The van der Waals surface area contributed by atoms with Gasteiger partial charge in [-0.3, -0.25) is 4.98 Å². The van der Waals surface area contributed by atoms with Gasteiger partial charge in [0, 0.05) is 18.8 Å². The molecule has 2 N–H and O–H groups in total. The Balaban J connectivity index is 1.91. The van der Waals surface area contributed by atoms with Crippen LogP contribution in [0.1, 0.15) is 32.1 Å². The van der Waals surface area contributed by atoms with Crippen molar-refractivity contribution < 1.29 is 0 Å². The molecule has 2 heterocycles. The Morgan fingerprint density at radius 2 is 2.12 bits per heavy atom. The molecule has 0 bridgehead atoms. The van der Waals surface area contributed by atoms with E-state index in [1.807, 2.05) is 6.20 Å². The van der Waals surface area contributed by atoms with Gasteiger partial charge in [-0.25, -0.2) is 0 Å². The van der Waals surface area contributed by atoms with E-state index in [-0.39, 0.29) is 0 Å². The van der Waals surface area contributed by atoms with Crippen LogP contribution in [-0.2, 0) is 0 Å². The number of hydrogen-bond donors (Lipinski definition) is 1. The maximum atomic E-state index is 6.03. The number of aromatic nitrogens is 1. The van der Waals surface area contributed by atoms with Crippen LogP contribution in [0.5, 0.6) is 0 Å². The van der Waals surface area contributed by atoms with Gasteiger partial charge in [-0.2, -0.15) is 0 Å². The van der Waals surface area contributed by atoms with E-state index >= 15 is 0 Å². The standard InChI is InChI=1S/C13H19N3/c14-11-9-15-7-6-13(11)16-8-2-4-10-3-1-5-12(10)16/h6-7,9-10,12H,1-5,8,14H2. The van der Waals surface area contributed by atoms with Crippen molar-refractivity contribution in [3.8, 4) is 0 Å². The van der Waals surface area contributed by atoms with E-state index in [1.54, 1.807) is 6.20 Å². The molecular formula is C13H19N3. The van der Waals surface area contributed by atoms with Gasteiger partial charge in [0.25, 0.3) is 0 Å². The fraction of sp³-hybridized carbons (Fsp3) is 0.615. The molecule has 2 unspecified atom stereocenters. The van der Waals surface area contributed by atoms with Crippen molar-refractivity contribution in [2.75, 3.05) is 17.2 Å². The number of nitrogen functional groups attached to an aromatic ring is 1. The maximum Gasteiger partial charge on any atom is 0.0738 e. The molecule has 2 aliphatic rings. The molecule has 1 saturated heterocycles. The summed E-state index contributed by atoms with van der Waals surface area (Å²) in [6, 6.07) is 2.80. The highest BCUT2D eigenvalue weighted by molar-refractivity contribution is 5.66. The first kappa shape index (κ1) is 9.94. The molecule has 0 radical (unpaired) electrons. The van der Waals surface area contributed by atoms with Crippen molar-refractivity contribution in [3.63, 3.8) is 0 Å². The van der Waals surface area contributed by atoms with Gasteiger partial charge in [0.2, 0.25) is 0 Å². The van der Waals surface area contributed by atoms with E-state index in [1.165, 1.54) is 37.8 Å². The summed E-state index contributed by atoms with van der Waals surface area (Å²) in [5, 5.41) is 0. The van der Waals surface area contributed by atoms with Crippen LogP contribution in [0.3, 0.4) is 0 Å². The Morgan fingerprint density at radius 3 is 3.00 bits per heavy atom. The molecule has 2 fully saturated rings. The van der Waals surface area contributed by atoms with Gasteiger partial charge >= 0.3 is 0 Å². The first-order chi connectivity index (χ1) is 7.86. The predicted molar refractivity (Wildman–Crippen MR) is 66.4 cm³/mol. The van der Waals surface area contributed by atoms with E-state index < -0.39 is 0 Å². The van der Waals surface area contributed by atoms with Crippen LogP contribution in [0.15, 0.2) is 18.5 Å². The molecule has 3 nitrogen and oxygen atoms in total. The number of hydrogen-bond acceptors (Lipinski definition) is 3. The molecule has 0 spiro atoms. The molecule has 0 amide bonds. The zero-order chi connectivity index (χ0) is 11.0. The lowest BCUT2D eigenvalue weighted by Crippen LogP contribution is -2.42. The molecule has 1 aliphatic carbocycles. The molecule has 16 heavy (non-hydrogen) atoms. The zero-order valence-corrected chi connectivity index (χ0v) is 9.60. The third-order valence-electron chi connectivity index (χ3n) is 4.13. The normalized spacial score (nSPS) is 29.1. The molecule has 1 aromatic rings. The van der Waals surface area contributed by atoms with E-state index in [9.17, 15) is 0 Å². The number of rotatable bonds is 1. The van der Waals surface area contributed by atoms with Crippen LogP contribution in [0.4, 0.5) is 11.4 Å². The molecule has 1 saturated carbocycles. The minimum atomic E-state index is 0.735. The van der Waals surface area contributed by atoms with Gasteiger partial charge in [-0.1, -0.05) is 6.42 Å². The number of pyridine rings is 1. The molecule has 3 heteroatoms. The molecule has 3 rings (SSSR count). The van der Waals surface area contributed by atoms with Crippen LogP contribution in [0.25, 0.3) is 0 Å². The molecule has 1 aliphatic heterocycles. The summed E-state index contributed by atoms with van der Waals surface area (Å²) in [5.41, 5.74) is 8.06. The van der Waals surface area contributed by atoms with Crippen molar-refractivity contribution >= 4 is 11.4 Å². The lowest BCUT2D eigenvalue weighted by Gasteiger charge is -2.39. The van der Waals surface area contributed by atoms with Crippen molar-refractivity contribution in [1.29, 1.82) is 0 Å². The Hall–Kier alpha value is -1.25. The third-order valence-corrected chi connectivity index (χ3v) is 4.13. The first-order valence-corrected chi connectivity index (χ1v) is 6.32. The fourth-order valence-electron chi connectivity index (χ4n) is 3.41. The van der Waals surface area contributed by atoms with E-state index in [2.05, 4.69) is 16.0 Å². The van der Waals surface area contributed by atoms with Crippen molar-refractivity contribution in [2.24, 2.45) is 5.92 Å². The Morgan fingerprint density at radius 1 is 1.25 bits per heavy atom. The molecule has 1 aromatic heterocycles. The summed E-state index contributed by atoms with van der Waals surface area (Å²) in [6.45, 7) is 1.16. The first-order valence-electron chi connectivity index (χ1n) is 6.32. The monoisotopic (exact) mass is 217 g/mol. The Labute approximate surface area is 96.7 Å². The van der Waals surface area contributed by atoms with Crippen LogP contribution >= 0.6 is 0 Å². The molecule has 2 atom stereocenters. The van der Waals surface area contributed by atoms with E-state index in [0.717, 1.165) is 24.2 Å². The van der Waals surface area contributed by atoms with Crippen LogP contribution < -0.4 is 10.6 Å². The second-order valence-corrected chi connectivity index (χ2v) is 5.03.